The average molecular weight is 290 g/mol. The molecule has 1 aliphatic carbocycles. The molecule has 0 unspecified atom stereocenters. The second-order valence-corrected chi connectivity index (χ2v) is 5.48. The van der Waals surface area contributed by atoms with Gasteiger partial charge in [0, 0.05) is 5.69 Å². The van der Waals surface area contributed by atoms with E-state index < -0.39 is 0 Å². The second kappa shape index (κ2) is 6.31. The van der Waals surface area contributed by atoms with Gasteiger partial charge in [-0.25, -0.2) is 4.99 Å². The lowest BCUT2D eigenvalue weighted by atomic mass is 10.1. The van der Waals surface area contributed by atoms with Crippen LogP contribution in [0.4, 0.5) is 5.69 Å². The molecule has 0 fully saturated rings. The zero-order valence-corrected chi connectivity index (χ0v) is 12.3. The first-order chi connectivity index (χ1) is 10.7. The Morgan fingerprint density at radius 2 is 2.05 bits per heavy atom. The summed E-state index contributed by atoms with van der Waals surface area (Å²) < 4.78 is 0. The summed E-state index contributed by atoms with van der Waals surface area (Å²) in [5.41, 5.74) is 11.4. The van der Waals surface area contributed by atoms with E-state index in [1.165, 1.54) is 24.0 Å². The van der Waals surface area contributed by atoms with Crippen molar-refractivity contribution in [2.24, 2.45) is 10.7 Å². The molecule has 0 aromatic heterocycles. The molecule has 0 radical (unpaired) electrons. The molecule has 1 aliphatic rings. The van der Waals surface area contributed by atoms with Gasteiger partial charge in [0.2, 0.25) is 0 Å². The number of aliphatic imine (C=N–C) groups is 1. The van der Waals surface area contributed by atoms with E-state index in [1.807, 2.05) is 24.3 Å². The molecule has 0 atom stereocenters. The first kappa shape index (κ1) is 14.2. The largest absolute Gasteiger partial charge is 0.370 e. The molecule has 2 aromatic rings. The van der Waals surface area contributed by atoms with Crippen molar-refractivity contribution in [1.82, 2.24) is 0 Å². The number of rotatable bonds is 3. The molecule has 0 heterocycles. The molecule has 4 heteroatoms. The van der Waals surface area contributed by atoms with Gasteiger partial charge in [-0.2, -0.15) is 5.26 Å². The van der Waals surface area contributed by atoms with Crippen LogP contribution in [0.1, 0.15) is 28.7 Å². The molecule has 0 saturated carbocycles. The number of benzene rings is 2. The highest BCUT2D eigenvalue weighted by Gasteiger charge is 2.10. The Morgan fingerprint density at radius 3 is 2.91 bits per heavy atom. The summed E-state index contributed by atoms with van der Waals surface area (Å²) in [6, 6.07) is 15.9. The van der Waals surface area contributed by atoms with Gasteiger partial charge in [-0.05, 0) is 60.2 Å². The van der Waals surface area contributed by atoms with Crippen LogP contribution in [-0.2, 0) is 19.4 Å². The Morgan fingerprint density at radius 1 is 1.18 bits per heavy atom. The van der Waals surface area contributed by atoms with Crippen LogP contribution in [-0.4, -0.2) is 5.96 Å². The Hall–Kier alpha value is -2.80. The summed E-state index contributed by atoms with van der Waals surface area (Å²) in [4.78, 5) is 4.33. The lowest BCUT2D eigenvalue weighted by Gasteiger charge is -2.08. The molecule has 0 bridgehead atoms. The van der Waals surface area contributed by atoms with E-state index in [2.05, 4.69) is 28.5 Å². The molecule has 3 N–H and O–H groups in total. The van der Waals surface area contributed by atoms with Crippen molar-refractivity contribution < 1.29 is 0 Å². The molecular formula is C18H18N4. The van der Waals surface area contributed by atoms with Crippen LogP contribution in [0.25, 0.3) is 0 Å². The van der Waals surface area contributed by atoms with Crippen molar-refractivity contribution in [3.63, 3.8) is 0 Å². The predicted octanol–water partition coefficient (Wildman–Crippen LogP) is 2.97. The van der Waals surface area contributed by atoms with E-state index in [0.29, 0.717) is 18.1 Å². The van der Waals surface area contributed by atoms with Gasteiger partial charge in [0.05, 0.1) is 18.2 Å². The van der Waals surface area contributed by atoms with Gasteiger partial charge < -0.3 is 11.1 Å². The maximum absolute atomic E-state index is 8.89. The number of hydrogen-bond acceptors (Lipinski definition) is 2. The minimum Gasteiger partial charge on any atom is -0.370 e. The summed E-state index contributed by atoms with van der Waals surface area (Å²) in [6.45, 7) is 0.458. The third-order valence-electron chi connectivity index (χ3n) is 3.86. The van der Waals surface area contributed by atoms with Crippen LogP contribution < -0.4 is 11.1 Å². The molecule has 0 amide bonds. The van der Waals surface area contributed by atoms with Gasteiger partial charge >= 0.3 is 0 Å². The van der Waals surface area contributed by atoms with Crippen LogP contribution in [0.2, 0.25) is 0 Å². The fraction of sp³-hybridized carbons (Fsp3) is 0.222. The zero-order valence-electron chi connectivity index (χ0n) is 12.3. The van der Waals surface area contributed by atoms with Gasteiger partial charge in [0.15, 0.2) is 5.96 Å². The molecular weight excluding hydrogens is 272 g/mol. The monoisotopic (exact) mass is 290 g/mol. The molecule has 0 spiro atoms. The second-order valence-electron chi connectivity index (χ2n) is 5.48. The van der Waals surface area contributed by atoms with E-state index in [1.54, 1.807) is 6.07 Å². The van der Waals surface area contributed by atoms with E-state index in [4.69, 9.17) is 11.0 Å². The fourth-order valence-corrected chi connectivity index (χ4v) is 2.75. The topological polar surface area (TPSA) is 74.2 Å². The normalized spacial score (nSPS) is 13.5. The summed E-state index contributed by atoms with van der Waals surface area (Å²) in [7, 11) is 0. The van der Waals surface area contributed by atoms with Crippen molar-refractivity contribution in [3.05, 3.63) is 64.7 Å². The van der Waals surface area contributed by atoms with E-state index in [9.17, 15) is 0 Å². The van der Waals surface area contributed by atoms with Crippen LogP contribution in [0, 0.1) is 11.3 Å². The van der Waals surface area contributed by atoms with Gasteiger partial charge in [-0.1, -0.05) is 18.2 Å². The number of guanidine groups is 1. The van der Waals surface area contributed by atoms with Crippen molar-refractivity contribution in [2.75, 3.05) is 5.32 Å². The molecule has 4 nitrogen and oxygen atoms in total. The summed E-state index contributed by atoms with van der Waals surface area (Å²) in [6.07, 6.45) is 3.55. The fourth-order valence-electron chi connectivity index (χ4n) is 2.75. The van der Waals surface area contributed by atoms with Crippen molar-refractivity contribution in [2.45, 2.75) is 25.8 Å². The number of nitriles is 1. The van der Waals surface area contributed by atoms with E-state index >= 15 is 0 Å². The number of nitrogens with two attached hydrogens (primary N) is 1. The van der Waals surface area contributed by atoms with Crippen LogP contribution in [0.3, 0.4) is 0 Å². The standard InChI is InChI=1S/C18H18N4/c19-11-13-3-1-4-14(9-13)12-21-18(20)22-17-8-7-15-5-2-6-16(15)10-17/h1,3-4,7-10H,2,5-6,12H2,(H3,20,21,22). The first-order valence-corrected chi connectivity index (χ1v) is 7.42. The quantitative estimate of drug-likeness (QED) is 0.674. The van der Waals surface area contributed by atoms with Crippen molar-refractivity contribution in [1.29, 1.82) is 5.26 Å². The van der Waals surface area contributed by atoms with Gasteiger partial charge in [0.25, 0.3) is 0 Å². The summed E-state index contributed by atoms with van der Waals surface area (Å²) in [5.74, 6) is 0.389. The van der Waals surface area contributed by atoms with Crippen molar-refractivity contribution >= 4 is 11.6 Å². The van der Waals surface area contributed by atoms with E-state index in [0.717, 1.165) is 17.7 Å². The van der Waals surface area contributed by atoms with E-state index in [-0.39, 0.29) is 0 Å². The lowest BCUT2D eigenvalue weighted by molar-refractivity contribution is 0.912. The van der Waals surface area contributed by atoms with Crippen molar-refractivity contribution in [3.8, 4) is 6.07 Å². The Bertz CT molecular complexity index is 756. The molecule has 0 saturated heterocycles. The highest BCUT2D eigenvalue weighted by molar-refractivity contribution is 5.92. The third kappa shape index (κ3) is 3.26. The number of fused-ring (bicyclic) bond motifs is 1. The highest BCUT2D eigenvalue weighted by Crippen LogP contribution is 2.24. The predicted molar refractivity (Wildman–Crippen MR) is 88.6 cm³/mol. The van der Waals surface area contributed by atoms with Crippen LogP contribution in [0.5, 0.6) is 0 Å². The van der Waals surface area contributed by atoms with Crippen LogP contribution >= 0.6 is 0 Å². The number of nitrogens with zero attached hydrogens (tertiary/aromatic N) is 2. The minimum atomic E-state index is 0.389. The van der Waals surface area contributed by atoms with Gasteiger partial charge in [-0.3, -0.25) is 0 Å². The molecule has 110 valence electrons. The minimum absolute atomic E-state index is 0.389. The molecule has 0 aliphatic heterocycles. The smallest absolute Gasteiger partial charge is 0.193 e. The summed E-state index contributed by atoms with van der Waals surface area (Å²) in [5, 5.41) is 12.0. The number of nitrogens with one attached hydrogen (secondary N) is 1. The molecule has 3 rings (SSSR count). The summed E-state index contributed by atoms with van der Waals surface area (Å²) >= 11 is 0. The van der Waals surface area contributed by atoms with Gasteiger partial charge in [-0.15, -0.1) is 0 Å². The number of aryl methyl sites for hydroxylation is 2. The average Bonchev–Trinajstić information content (AvgIpc) is 3.01. The molecule has 2 aromatic carbocycles. The Balaban J connectivity index is 1.66. The number of anilines is 1. The number of hydrogen-bond donors (Lipinski definition) is 2. The Kier molecular flexibility index (Phi) is 4.06. The maximum atomic E-state index is 8.89. The third-order valence-corrected chi connectivity index (χ3v) is 3.86. The van der Waals surface area contributed by atoms with Gasteiger partial charge in [0.1, 0.15) is 0 Å². The lowest BCUT2D eigenvalue weighted by Crippen LogP contribution is -2.22. The van der Waals surface area contributed by atoms with Crippen LogP contribution in [0.15, 0.2) is 47.5 Å². The highest BCUT2D eigenvalue weighted by atomic mass is 15.1. The SMILES string of the molecule is N#Cc1cccc(CN=C(N)Nc2ccc3c(c2)CCC3)c1. The first-order valence-electron chi connectivity index (χ1n) is 7.42. The maximum Gasteiger partial charge on any atom is 0.193 e. The zero-order chi connectivity index (χ0) is 15.4. The Labute approximate surface area is 130 Å². The molecule has 22 heavy (non-hydrogen) atoms.